The van der Waals surface area contributed by atoms with Crippen molar-refractivity contribution in [1.29, 1.82) is 0 Å². The largest absolute Gasteiger partial charge is 0.397 e. The lowest BCUT2D eigenvalue weighted by Gasteiger charge is -1.82. The molecule has 1 aromatic carbocycles. The van der Waals surface area contributed by atoms with Crippen molar-refractivity contribution < 1.29 is 5.11 Å². The van der Waals surface area contributed by atoms with Crippen LogP contribution in [-0.2, 0) is 6.42 Å². The molecule has 0 aliphatic rings. The Bertz CT molecular complexity index is 348. The smallest absolute Gasteiger partial charge is 0.106 e. The van der Waals surface area contributed by atoms with Gasteiger partial charge in [0, 0.05) is 13.0 Å². The third-order valence-electron chi connectivity index (χ3n) is 1.77. The molecule has 2 rings (SSSR count). The topological polar surface area (TPSA) is 48.9 Å². The minimum absolute atomic E-state index is 0.250. The Balaban J connectivity index is 0.000000293. The Morgan fingerprint density at radius 2 is 1.93 bits per heavy atom. The maximum Gasteiger partial charge on any atom is 0.106 e. The fourth-order valence-electron chi connectivity index (χ4n) is 1.17. The van der Waals surface area contributed by atoms with Crippen LogP contribution in [0, 0.1) is 0 Å². The SMILES string of the molecule is CCO.CCc1nc2ccccc2[nH]1. The van der Waals surface area contributed by atoms with Crippen LogP contribution in [0.5, 0.6) is 0 Å². The standard InChI is InChI=1S/C9H10N2.C2H6O/c1-2-9-10-7-5-3-4-6-8(7)11-9;1-2-3/h3-6H,2H2,1H3,(H,10,11);3H,2H2,1H3. The quantitative estimate of drug-likeness (QED) is 0.727. The first-order valence-electron chi connectivity index (χ1n) is 4.86. The third-order valence-corrected chi connectivity index (χ3v) is 1.77. The third kappa shape index (κ3) is 2.57. The minimum Gasteiger partial charge on any atom is -0.397 e. The lowest BCUT2D eigenvalue weighted by atomic mass is 10.3. The van der Waals surface area contributed by atoms with E-state index < -0.39 is 0 Å². The van der Waals surface area contributed by atoms with E-state index in [4.69, 9.17) is 5.11 Å². The number of aryl methyl sites for hydroxylation is 1. The molecule has 0 fully saturated rings. The zero-order chi connectivity index (χ0) is 10.4. The van der Waals surface area contributed by atoms with Crippen molar-refractivity contribution in [2.45, 2.75) is 20.3 Å². The van der Waals surface area contributed by atoms with E-state index in [-0.39, 0.29) is 6.61 Å². The molecule has 0 bridgehead atoms. The zero-order valence-corrected chi connectivity index (χ0v) is 8.62. The molecule has 1 heterocycles. The van der Waals surface area contributed by atoms with Gasteiger partial charge in [-0.15, -0.1) is 0 Å². The Hall–Kier alpha value is -1.35. The predicted octanol–water partition coefficient (Wildman–Crippen LogP) is 2.12. The zero-order valence-electron chi connectivity index (χ0n) is 8.62. The highest BCUT2D eigenvalue weighted by molar-refractivity contribution is 5.74. The fourth-order valence-corrected chi connectivity index (χ4v) is 1.17. The van der Waals surface area contributed by atoms with Gasteiger partial charge in [0.2, 0.25) is 0 Å². The summed E-state index contributed by atoms with van der Waals surface area (Å²) in [6.45, 7) is 4.03. The van der Waals surface area contributed by atoms with Gasteiger partial charge in [0.25, 0.3) is 0 Å². The number of para-hydroxylation sites is 2. The molecular weight excluding hydrogens is 176 g/mol. The number of aliphatic hydroxyl groups excluding tert-OH is 1. The highest BCUT2D eigenvalue weighted by Gasteiger charge is 1.97. The number of imidazole rings is 1. The summed E-state index contributed by atoms with van der Waals surface area (Å²) in [5.74, 6) is 1.06. The van der Waals surface area contributed by atoms with Crippen LogP contribution in [0.3, 0.4) is 0 Å². The molecular formula is C11H16N2O. The average molecular weight is 192 g/mol. The van der Waals surface area contributed by atoms with E-state index >= 15 is 0 Å². The van der Waals surface area contributed by atoms with Gasteiger partial charge in [0.05, 0.1) is 11.0 Å². The summed E-state index contributed by atoms with van der Waals surface area (Å²) >= 11 is 0. The number of benzene rings is 1. The van der Waals surface area contributed by atoms with Crippen LogP contribution in [0.2, 0.25) is 0 Å². The van der Waals surface area contributed by atoms with Crippen molar-refractivity contribution >= 4 is 11.0 Å². The van der Waals surface area contributed by atoms with Gasteiger partial charge in [-0.1, -0.05) is 19.1 Å². The van der Waals surface area contributed by atoms with Crippen LogP contribution in [0.4, 0.5) is 0 Å². The second-order valence-electron chi connectivity index (χ2n) is 2.87. The maximum absolute atomic E-state index is 7.57. The summed E-state index contributed by atoms with van der Waals surface area (Å²) < 4.78 is 0. The molecule has 0 aliphatic carbocycles. The van der Waals surface area contributed by atoms with Crippen molar-refractivity contribution in [3.05, 3.63) is 30.1 Å². The van der Waals surface area contributed by atoms with E-state index in [2.05, 4.69) is 16.9 Å². The number of H-pyrrole nitrogens is 1. The number of aromatic amines is 1. The normalized spacial score (nSPS) is 9.64. The van der Waals surface area contributed by atoms with Crippen LogP contribution in [0.15, 0.2) is 24.3 Å². The minimum atomic E-state index is 0.250. The first kappa shape index (κ1) is 10.7. The lowest BCUT2D eigenvalue weighted by molar-refractivity contribution is 0.318. The molecule has 3 heteroatoms. The maximum atomic E-state index is 7.57. The highest BCUT2D eigenvalue weighted by atomic mass is 16.2. The lowest BCUT2D eigenvalue weighted by Crippen LogP contribution is -1.79. The number of hydrogen-bond acceptors (Lipinski definition) is 2. The number of hydrogen-bond donors (Lipinski definition) is 2. The molecule has 2 aromatic rings. The van der Waals surface area contributed by atoms with Gasteiger partial charge in [0.15, 0.2) is 0 Å². The summed E-state index contributed by atoms with van der Waals surface area (Å²) in [5.41, 5.74) is 2.19. The predicted molar refractivity (Wildman–Crippen MR) is 58.2 cm³/mol. The van der Waals surface area contributed by atoms with E-state index in [1.54, 1.807) is 6.92 Å². The van der Waals surface area contributed by atoms with E-state index in [9.17, 15) is 0 Å². The van der Waals surface area contributed by atoms with Gasteiger partial charge >= 0.3 is 0 Å². The molecule has 0 atom stereocenters. The second-order valence-corrected chi connectivity index (χ2v) is 2.87. The Kier molecular flexibility index (Phi) is 4.13. The molecule has 0 aliphatic heterocycles. The Labute approximate surface area is 83.8 Å². The van der Waals surface area contributed by atoms with Crippen molar-refractivity contribution in [1.82, 2.24) is 9.97 Å². The number of aliphatic hydroxyl groups is 1. The van der Waals surface area contributed by atoms with Crippen molar-refractivity contribution in [2.24, 2.45) is 0 Å². The summed E-state index contributed by atoms with van der Waals surface area (Å²) in [6.07, 6.45) is 0.967. The van der Waals surface area contributed by atoms with Crippen LogP contribution in [-0.4, -0.2) is 21.7 Å². The number of aromatic nitrogens is 2. The molecule has 0 unspecified atom stereocenters. The first-order chi connectivity index (χ1) is 6.81. The summed E-state index contributed by atoms with van der Waals surface area (Å²) in [6, 6.07) is 8.08. The molecule has 76 valence electrons. The van der Waals surface area contributed by atoms with Gasteiger partial charge < -0.3 is 10.1 Å². The van der Waals surface area contributed by atoms with Gasteiger partial charge in [0.1, 0.15) is 5.82 Å². The Morgan fingerprint density at radius 1 is 1.29 bits per heavy atom. The molecule has 0 saturated heterocycles. The van der Waals surface area contributed by atoms with Crippen LogP contribution >= 0.6 is 0 Å². The average Bonchev–Trinajstić information content (AvgIpc) is 2.61. The summed E-state index contributed by atoms with van der Waals surface area (Å²) in [5, 5.41) is 7.57. The number of nitrogens with one attached hydrogen (secondary N) is 1. The van der Waals surface area contributed by atoms with Crippen molar-refractivity contribution in [3.63, 3.8) is 0 Å². The monoisotopic (exact) mass is 192 g/mol. The van der Waals surface area contributed by atoms with Gasteiger partial charge in [-0.3, -0.25) is 0 Å². The van der Waals surface area contributed by atoms with Gasteiger partial charge in [-0.05, 0) is 19.1 Å². The van der Waals surface area contributed by atoms with Crippen LogP contribution in [0.1, 0.15) is 19.7 Å². The molecule has 1 aromatic heterocycles. The summed E-state index contributed by atoms with van der Waals surface area (Å²) in [4.78, 5) is 7.61. The second kappa shape index (κ2) is 5.40. The number of fused-ring (bicyclic) bond motifs is 1. The molecule has 0 amide bonds. The van der Waals surface area contributed by atoms with Crippen molar-refractivity contribution in [3.8, 4) is 0 Å². The summed E-state index contributed by atoms with van der Waals surface area (Å²) in [7, 11) is 0. The molecule has 0 spiro atoms. The van der Waals surface area contributed by atoms with Crippen LogP contribution < -0.4 is 0 Å². The molecule has 2 N–H and O–H groups in total. The fraction of sp³-hybridized carbons (Fsp3) is 0.364. The number of nitrogens with zero attached hydrogens (tertiary/aromatic N) is 1. The van der Waals surface area contributed by atoms with Crippen molar-refractivity contribution in [2.75, 3.05) is 6.61 Å². The number of rotatable bonds is 1. The Morgan fingerprint density at radius 3 is 2.50 bits per heavy atom. The first-order valence-corrected chi connectivity index (χ1v) is 4.86. The molecule has 14 heavy (non-hydrogen) atoms. The molecule has 3 nitrogen and oxygen atoms in total. The van der Waals surface area contributed by atoms with Crippen LogP contribution in [0.25, 0.3) is 11.0 Å². The van der Waals surface area contributed by atoms with E-state index in [1.165, 1.54) is 0 Å². The van der Waals surface area contributed by atoms with Gasteiger partial charge in [-0.25, -0.2) is 4.98 Å². The molecule has 0 radical (unpaired) electrons. The van der Waals surface area contributed by atoms with Gasteiger partial charge in [-0.2, -0.15) is 0 Å². The molecule has 0 saturated carbocycles. The van der Waals surface area contributed by atoms with E-state index in [0.717, 1.165) is 23.3 Å². The van der Waals surface area contributed by atoms with E-state index in [0.29, 0.717) is 0 Å². The highest BCUT2D eigenvalue weighted by Crippen LogP contribution is 2.09. The van der Waals surface area contributed by atoms with E-state index in [1.807, 2.05) is 24.3 Å².